The van der Waals surface area contributed by atoms with E-state index in [1.807, 2.05) is 31.2 Å². The molecule has 1 aliphatic heterocycles. The molecule has 0 saturated carbocycles. The maximum Gasteiger partial charge on any atom is 0.164 e. The number of hydrogen-bond acceptors (Lipinski definition) is 3. The summed E-state index contributed by atoms with van der Waals surface area (Å²) in [5.41, 5.74) is 1.79. The smallest absolute Gasteiger partial charge is 0.164 e. The van der Waals surface area contributed by atoms with Crippen molar-refractivity contribution in [3.05, 3.63) is 29.8 Å². The molecule has 1 aromatic rings. The van der Waals surface area contributed by atoms with E-state index in [2.05, 4.69) is 4.90 Å². The first-order chi connectivity index (χ1) is 9.27. The number of Topliss-reactive ketones (excluding diaryl/α,β-unsaturated/α-hetero) is 1. The molecule has 1 fully saturated rings. The van der Waals surface area contributed by atoms with Crippen molar-refractivity contribution in [2.45, 2.75) is 45.1 Å². The van der Waals surface area contributed by atoms with E-state index in [1.165, 1.54) is 6.42 Å². The second kappa shape index (κ2) is 6.71. The molecule has 0 radical (unpaired) electrons. The second-order valence-corrected chi connectivity index (χ2v) is 5.17. The highest BCUT2D eigenvalue weighted by Crippen LogP contribution is 2.28. The van der Waals surface area contributed by atoms with Crippen LogP contribution >= 0.6 is 0 Å². The minimum atomic E-state index is 0.147. The zero-order valence-corrected chi connectivity index (χ0v) is 11.6. The van der Waals surface area contributed by atoms with Crippen LogP contribution in [-0.2, 0) is 0 Å². The van der Waals surface area contributed by atoms with E-state index in [1.54, 1.807) is 0 Å². The Morgan fingerprint density at radius 3 is 2.84 bits per heavy atom. The summed E-state index contributed by atoms with van der Waals surface area (Å²) in [6.07, 6.45) is 5.02. The van der Waals surface area contributed by atoms with Crippen LogP contribution in [0, 0.1) is 0 Å². The van der Waals surface area contributed by atoms with Crippen molar-refractivity contribution < 1.29 is 9.90 Å². The van der Waals surface area contributed by atoms with E-state index in [9.17, 15) is 9.90 Å². The standard InChI is InChI=1S/C16H23NO2/c1-2-16(19)14-9-5-6-10-15(14)17-11-7-3-4-8-13(17)12-18/h5-6,9-10,13,18H,2-4,7-8,11-12H2,1H3. The Morgan fingerprint density at radius 2 is 2.11 bits per heavy atom. The minimum absolute atomic E-state index is 0.147. The summed E-state index contributed by atoms with van der Waals surface area (Å²) in [5.74, 6) is 0.177. The van der Waals surface area contributed by atoms with Gasteiger partial charge in [0, 0.05) is 24.2 Å². The molecule has 3 nitrogen and oxygen atoms in total. The summed E-state index contributed by atoms with van der Waals surface area (Å²) in [6, 6.07) is 7.95. The third-order valence-electron chi connectivity index (χ3n) is 3.92. The summed E-state index contributed by atoms with van der Waals surface area (Å²) in [4.78, 5) is 14.3. The van der Waals surface area contributed by atoms with Crippen LogP contribution in [-0.4, -0.2) is 30.1 Å². The Morgan fingerprint density at radius 1 is 1.32 bits per heavy atom. The maximum atomic E-state index is 12.1. The molecule has 1 aliphatic rings. The number of carbonyl (C=O) groups excluding carboxylic acids is 1. The molecule has 0 aromatic heterocycles. The average molecular weight is 261 g/mol. The zero-order chi connectivity index (χ0) is 13.7. The highest BCUT2D eigenvalue weighted by Gasteiger charge is 2.23. The number of ketones is 1. The Labute approximate surface area is 115 Å². The average Bonchev–Trinajstić information content (AvgIpc) is 2.71. The summed E-state index contributed by atoms with van der Waals surface area (Å²) in [7, 11) is 0. The van der Waals surface area contributed by atoms with Gasteiger partial charge >= 0.3 is 0 Å². The fraction of sp³-hybridized carbons (Fsp3) is 0.562. The van der Waals surface area contributed by atoms with E-state index in [-0.39, 0.29) is 18.4 Å². The van der Waals surface area contributed by atoms with Crippen molar-refractivity contribution in [1.29, 1.82) is 0 Å². The zero-order valence-electron chi connectivity index (χ0n) is 11.6. The lowest BCUT2D eigenvalue weighted by atomic mass is 10.0. The van der Waals surface area contributed by atoms with Crippen molar-refractivity contribution in [2.24, 2.45) is 0 Å². The van der Waals surface area contributed by atoms with Crippen LogP contribution in [0.3, 0.4) is 0 Å². The molecular weight excluding hydrogens is 238 g/mol. The van der Waals surface area contributed by atoms with E-state index in [4.69, 9.17) is 0 Å². The van der Waals surface area contributed by atoms with Crippen LogP contribution in [0.15, 0.2) is 24.3 Å². The predicted octanol–water partition coefficient (Wildman–Crippen LogP) is 3.02. The van der Waals surface area contributed by atoms with Gasteiger partial charge in [-0.05, 0) is 25.0 Å². The van der Waals surface area contributed by atoms with E-state index >= 15 is 0 Å². The Balaban J connectivity index is 2.35. The summed E-state index contributed by atoms with van der Waals surface area (Å²) >= 11 is 0. The molecular formula is C16H23NO2. The molecule has 1 atom stereocenters. The van der Waals surface area contributed by atoms with Crippen LogP contribution in [0.1, 0.15) is 49.4 Å². The maximum absolute atomic E-state index is 12.1. The highest BCUT2D eigenvalue weighted by atomic mass is 16.3. The van der Waals surface area contributed by atoms with Crippen LogP contribution in [0.2, 0.25) is 0 Å². The molecule has 2 rings (SSSR count). The second-order valence-electron chi connectivity index (χ2n) is 5.17. The number of benzene rings is 1. The van der Waals surface area contributed by atoms with Crippen LogP contribution in [0.25, 0.3) is 0 Å². The number of hydrogen-bond donors (Lipinski definition) is 1. The first kappa shape index (κ1) is 14.1. The molecule has 0 spiro atoms. The van der Waals surface area contributed by atoms with E-state index in [0.717, 1.165) is 37.1 Å². The first-order valence-electron chi connectivity index (χ1n) is 7.27. The minimum Gasteiger partial charge on any atom is -0.394 e. The summed E-state index contributed by atoms with van der Waals surface area (Å²) < 4.78 is 0. The molecule has 0 amide bonds. The quantitative estimate of drug-likeness (QED) is 0.847. The van der Waals surface area contributed by atoms with Crippen LogP contribution < -0.4 is 4.90 Å². The van der Waals surface area contributed by atoms with Crippen molar-refractivity contribution in [2.75, 3.05) is 18.1 Å². The number of nitrogens with zero attached hydrogens (tertiary/aromatic N) is 1. The van der Waals surface area contributed by atoms with Gasteiger partial charge in [0.25, 0.3) is 0 Å². The molecule has 1 aromatic carbocycles. The van der Waals surface area contributed by atoms with Crippen molar-refractivity contribution in [3.63, 3.8) is 0 Å². The molecule has 104 valence electrons. The Kier molecular flexibility index (Phi) is 4.97. The molecule has 1 unspecified atom stereocenters. The summed E-state index contributed by atoms with van der Waals surface area (Å²) in [5, 5.41) is 9.61. The monoisotopic (exact) mass is 261 g/mol. The fourth-order valence-electron chi connectivity index (χ4n) is 2.83. The number of anilines is 1. The molecule has 1 N–H and O–H groups in total. The largest absolute Gasteiger partial charge is 0.394 e. The van der Waals surface area contributed by atoms with Gasteiger partial charge in [0.15, 0.2) is 5.78 Å². The number of rotatable bonds is 4. The van der Waals surface area contributed by atoms with Crippen LogP contribution in [0.4, 0.5) is 5.69 Å². The normalized spacial score (nSPS) is 20.1. The van der Waals surface area contributed by atoms with E-state index in [0.29, 0.717) is 6.42 Å². The van der Waals surface area contributed by atoms with Crippen molar-refractivity contribution in [3.8, 4) is 0 Å². The van der Waals surface area contributed by atoms with Gasteiger partial charge in [0.1, 0.15) is 0 Å². The SMILES string of the molecule is CCC(=O)c1ccccc1N1CCCCCC1CO. The molecule has 0 bridgehead atoms. The lowest BCUT2D eigenvalue weighted by Gasteiger charge is -2.32. The van der Waals surface area contributed by atoms with Crippen molar-refractivity contribution >= 4 is 11.5 Å². The highest BCUT2D eigenvalue weighted by molar-refractivity contribution is 6.01. The van der Waals surface area contributed by atoms with Gasteiger partial charge in [-0.25, -0.2) is 0 Å². The summed E-state index contributed by atoms with van der Waals surface area (Å²) in [6.45, 7) is 2.99. The number of para-hydroxylation sites is 1. The molecule has 1 saturated heterocycles. The van der Waals surface area contributed by atoms with Gasteiger partial charge < -0.3 is 10.0 Å². The topological polar surface area (TPSA) is 40.5 Å². The third kappa shape index (κ3) is 3.16. The van der Waals surface area contributed by atoms with Gasteiger partial charge in [-0.3, -0.25) is 4.79 Å². The van der Waals surface area contributed by atoms with Gasteiger partial charge in [-0.1, -0.05) is 31.9 Å². The number of aliphatic hydroxyl groups is 1. The number of aliphatic hydroxyl groups excluding tert-OH is 1. The van der Waals surface area contributed by atoms with Crippen LogP contribution in [0.5, 0.6) is 0 Å². The first-order valence-corrected chi connectivity index (χ1v) is 7.27. The van der Waals surface area contributed by atoms with Gasteiger partial charge in [0.2, 0.25) is 0 Å². The lowest BCUT2D eigenvalue weighted by molar-refractivity contribution is 0.0988. The van der Waals surface area contributed by atoms with Gasteiger partial charge in [0.05, 0.1) is 12.6 Å². The third-order valence-corrected chi connectivity index (χ3v) is 3.92. The Hall–Kier alpha value is -1.35. The van der Waals surface area contributed by atoms with Gasteiger partial charge in [-0.2, -0.15) is 0 Å². The molecule has 1 heterocycles. The Bertz CT molecular complexity index is 431. The molecule has 0 aliphatic carbocycles. The lowest BCUT2D eigenvalue weighted by Crippen LogP contribution is -2.38. The van der Waals surface area contributed by atoms with Crippen molar-refractivity contribution in [1.82, 2.24) is 0 Å². The fourth-order valence-corrected chi connectivity index (χ4v) is 2.83. The van der Waals surface area contributed by atoms with E-state index < -0.39 is 0 Å². The molecule has 3 heteroatoms. The van der Waals surface area contributed by atoms with Gasteiger partial charge in [-0.15, -0.1) is 0 Å². The molecule has 19 heavy (non-hydrogen) atoms. The predicted molar refractivity (Wildman–Crippen MR) is 77.8 cm³/mol. The number of carbonyl (C=O) groups is 1.